The van der Waals surface area contributed by atoms with Gasteiger partial charge in [0.05, 0.1) is 0 Å². The Morgan fingerprint density at radius 1 is 1.46 bits per heavy atom. The summed E-state index contributed by atoms with van der Waals surface area (Å²) in [5, 5.41) is 8.89. The second-order valence-corrected chi connectivity index (χ2v) is 2.82. The van der Waals surface area contributed by atoms with E-state index < -0.39 is 11.9 Å². The van der Waals surface area contributed by atoms with Crippen molar-refractivity contribution in [3.05, 3.63) is 34.9 Å². The summed E-state index contributed by atoms with van der Waals surface area (Å²) in [5.74, 6) is -2.54. The molecule has 1 unspecified atom stereocenters. The van der Waals surface area contributed by atoms with Gasteiger partial charge in [-0.2, -0.15) is 0 Å². The quantitative estimate of drug-likeness (QED) is 0.750. The summed E-state index contributed by atoms with van der Waals surface area (Å²) in [6.07, 6.45) is 1.42. The number of carboxylic acid groups (broad SMARTS) is 1. The number of carboxylic acids is 1. The molecular formula is C9H6ClO3. The molecule has 0 saturated carbocycles. The van der Waals surface area contributed by atoms with E-state index in [1.165, 1.54) is 18.4 Å². The molecule has 0 saturated heterocycles. The molecule has 0 amide bonds. The minimum absolute atomic E-state index is 0.262. The van der Waals surface area contributed by atoms with Gasteiger partial charge in [-0.15, -0.1) is 0 Å². The molecule has 1 aromatic rings. The molecule has 0 fully saturated rings. The summed E-state index contributed by atoms with van der Waals surface area (Å²) in [7, 11) is 0. The third kappa shape index (κ3) is 2.06. The van der Waals surface area contributed by atoms with Crippen molar-refractivity contribution in [1.29, 1.82) is 0 Å². The van der Waals surface area contributed by atoms with Crippen molar-refractivity contribution in [3.8, 4) is 0 Å². The van der Waals surface area contributed by atoms with E-state index in [1.54, 1.807) is 12.1 Å². The Morgan fingerprint density at radius 2 is 2.08 bits per heavy atom. The van der Waals surface area contributed by atoms with Crippen LogP contribution >= 0.6 is 11.6 Å². The first-order valence-corrected chi connectivity index (χ1v) is 3.89. The van der Waals surface area contributed by atoms with Crippen LogP contribution in [0.1, 0.15) is 11.5 Å². The van der Waals surface area contributed by atoms with Crippen LogP contribution in [0.3, 0.4) is 0 Å². The first-order valence-electron chi connectivity index (χ1n) is 3.51. The molecule has 1 N–H and O–H groups in total. The third-order valence-electron chi connectivity index (χ3n) is 1.58. The van der Waals surface area contributed by atoms with Gasteiger partial charge in [0.25, 0.3) is 0 Å². The van der Waals surface area contributed by atoms with E-state index in [2.05, 4.69) is 0 Å². The number of carbonyl (C=O) groups excluding carboxylic acids is 1. The first kappa shape index (κ1) is 9.74. The van der Waals surface area contributed by atoms with Crippen molar-refractivity contribution in [2.75, 3.05) is 0 Å². The van der Waals surface area contributed by atoms with Crippen LogP contribution in [0.2, 0.25) is 5.02 Å². The van der Waals surface area contributed by atoms with Crippen molar-refractivity contribution >= 4 is 23.9 Å². The lowest BCUT2D eigenvalue weighted by Crippen LogP contribution is -2.12. The zero-order valence-electron chi connectivity index (χ0n) is 6.53. The van der Waals surface area contributed by atoms with Crippen molar-refractivity contribution in [2.24, 2.45) is 0 Å². The Hall–Kier alpha value is -1.35. The number of benzene rings is 1. The lowest BCUT2D eigenvalue weighted by atomic mass is 10.0. The monoisotopic (exact) mass is 197 g/mol. The lowest BCUT2D eigenvalue weighted by molar-refractivity contribution is -0.137. The predicted molar refractivity (Wildman–Crippen MR) is 47.5 cm³/mol. The van der Waals surface area contributed by atoms with Gasteiger partial charge < -0.3 is 5.11 Å². The van der Waals surface area contributed by atoms with Gasteiger partial charge in [-0.25, -0.2) is 0 Å². The SMILES string of the molecule is O=[C]C(C(=O)O)c1ccccc1Cl. The minimum atomic E-state index is -1.30. The third-order valence-corrected chi connectivity index (χ3v) is 1.93. The lowest BCUT2D eigenvalue weighted by Gasteiger charge is -2.05. The molecule has 4 heteroatoms. The zero-order chi connectivity index (χ0) is 9.84. The summed E-state index contributed by atoms with van der Waals surface area (Å²) in [4.78, 5) is 20.9. The van der Waals surface area contributed by atoms with E-state index in [4.69, 9.17) is 16.7 Å². The molecule has 0 bridgehead atoms. The number of hydrogen-bond acceptors (Lipinski definition) is 2. The molecule has 1 aromatic carbocycles. The Balaban J connectivity index is 3.12. The number of rotatable bonds is 3. The number of hydrogen-bond donors (Lipinski definition) is 1. The van der Waals surface area contributed by atoms with Gasteiger partial charge in [0.1, 0.15) is 5.92 Å². The fraction of sp³-hybridized carbons (Fsp3) is 0.111. The van der Waals surface area contributed by atoms with Crippen molar-refractivity contribution < 1.29 is 14.7 Å². The Labute approximate surface area is 79.9 Å². The van der Waals surface area contributed by atoms with Crippen LogP contribution in [-0.4, -0.2) is 17.4 Å². The van der Waals surface area contributed by atoms with Crippen LogP contribution in [0.5, 0.6) is 0 Å². The van der Waals surface area contributed by atoms with Crippen molar-refractivity contribution in [1.82, 2.24) is 0 Å². The highest BCUT2D eigenvalue weighted by molar-refractivity contribution is 6.31. The van der Waals surface area contributed by atoms with Crippen LogP contribution in [0.15, 0.2) is 24.3 Å². The van der Waals surface area contributed by atoms with E-state index in [9.17, 15) is 9.59 Å². The first-order chi connectivity index (χ1) is 6.16. The van der Waals surface area contributed by atoms with E-state index in [-0.39, 0.29) is 10.6 Å². The fourth-order valence-electron chi connectivity index (χ4n) is 0.956. The second-order valence-electron chi connectivity index (χ2n) is 2.41. The standard InChI is InChI=1S/C9H6ClO3/c10-8-4-2-1-3-6(8)7(5-11)9(12)13/h1-4,7H,(H,12,13). The van der Waals surface area contributed by atoms with E-state index >= 15 is 0 Å². The molecule has 0 aliphatic heterocycles. The Kier molecular flexibility index (Phi) is 3.03. The molecular weight excluding hydrogens is 192 g/mol. The topological polar surface area (TPSA) is 54.4 Å². The van der Waals surface area contributed by atoms with Crippen LogP contribution in [-0.2, 0) is 9.59 Å². The maximum Gasteiger partial charge on any atom is 0.319 e. The van der Waals surface area contributed by atoms with Gasteiger partial charge in [-0.3, -0.25) is 9.59 Å². The fourth-order valence-corrected chi connectivity index (χ4v) is 1.20. The summed E-state index contributed by atoms with van der Waals surface area (Å²) in [5.41, 5.74) is 0.270. The Bertz CT molecular complexity index is 335. The predicted octanol–water partition coefficient (Wildman–Crippen LogP) is 1.62. The molecule has 67 valence electrons. The van der Waals surface area contributed by atoms with Crippen LogP contribution < -0.4 is 0 Å². The van der Waals surface area contributed by atoms with E-state index in [1.807, 2.05) is 0 Å². The largest absolute Gasteiger partial charge is 0.480 e. The Morgan fingerprint density at radius 3 is 2.54 bits per heavy atom. The highest BCUT2D eigenvalue weighted by Gasteiger charge is 2.21. The van der Waals surface area contributed by atoms with Gasteiger partial charge in [0, 0.05) is 5.02 Å². The highest BCUT2D eigenvalue weighted by Crippen LogP contribution is 2.22. The molecule has 0 aliphatic rings. The average molecular weight is 198 g/mol. The molecule has 3 nitrogen and oxygen atoms in total. The highest BCUT2D eigenvalue weighted by atomic mass is 35.5. The van der Waals surface area contributed by atoms with Gasteiger partial charge in [-0.1, -0.05) is 29.8 Å². The number of aliphatic carboxylic acids is 1. The van der Waals surface area contributed by atoms with Crippen LogP contribution in [0.4, 0.5) is 0 Å². The minimum Gasteiger partial charge on any atom is -0.480 e. The molecule has 1 atom stereocenters. The van der Waals surface area contributed by atoms with E-state index in [0.717, 1.165) is 0 Å². The molecule has 0 aliphatic carbocycles. The zero-order valence-corrected chi connectivity index (χ0v) is 7.28. The van der Waals surface area contributed by atoms with Gasteiger partial charge >= 0.3 is 5.97 Å². The molecule has 1 radical (unpaired) electrons. The summed E-state index contributed by atoms with van der Waals surface area (Å²) in [6, 6.07) is 6.31. The van der Waals surface area contributed by atoms with E-state index in [0.29, 0.717) is 0 Å². The van der Waals surface area contributed by atoms with Crippen LogP contribution in [0, 0.1) is 0 Å². The molecule has 13 heavy (non-hydrogen) atoms. The summed E-state index contributed by atoms with van der Waals surface area (Å²) < 4.78 is 0. The number of carbonyl (C=O) groups is 1. The van der Waals surface area contributed by atoms with Gasteiger partial charge in [-0.05, 0) is 11.6 Å². The molecule has 1 rings (SSSR count). The van der Waals surface area contributed by atoms with Crippen molar-refractivity contribution in [3.63, 3.8) is 0 Å². The van der Waals surface area contributed by atoms with Crippen molar-refractivity contribution in [2.45, 2.75) is 5.92 Å². The molecule has 0 spiro atoms. The average Bonchev–Trinajstić information content (AvgIpc) is 2.09. The van der Waals surface area contributed by atoms with Gasteiger partial charge in [0.2, 0.25) is 6.29 Å². The second kappa shape index (κ2) is 4.05. The maximum absolute atomic E-state index is 10.6. The van der Waals surface area contributed by atoms with Crippen LogP contribution in [0.25, 0.3) is 0 Å². The van der Waals surface area contributed by atoms with Gasteiger partial charge in [0.15, 0.2) is 0 Å². The summed E-state index contributed by atoms with van der Waals surface area (Å²) >= 11 is 5.70. The maximum atomic E-state index is 10.6. The normalized spacial score (nSPS) is 12.1. The molecule has 0 aromatic heterocycles. The number of halogens is 1. The summed E-state index contributed by atoms with van der Waals surface area (Å²) in [6.45, 7) is 0. The molecule has 0 heterocycles. The smallest absolute Gasteiger partial charge is 0.319 e.